The van der Waals surface area contributed by atoms with Crippen LogP contribution >= 0.6 is 11.8 Å². The molecular weight excluding hydrogens is 232 g/mol. The van der Waals surface area contributed by atoms with Crippen LogP contribution in [0.3, 0.4) is 0 Å². The molecule has 1 fully saturated rings. The van der Waals surface area contributed by atoms with Gasteiger partial charge in [0.1, 0.15) is 0 Å². The van der Waals surface area contributed by atoms with E-state index in [1.165, 1.54) is 31.4 Å². The Kier molecular flexibility index (Phi) is 8.27. The van der Waals surface area contributed by atoms with Gasteiger partial charge in [-0.15, -0.1) is 0 Å². The summed E-state index contributed by atoms with van der Waals surface area (Å²) in [7, 11) is 0. The fourth-order valence-electron chi connectivity index (χ4n) is 2.50. The average Bonchev–Trinajstić information content (AvgIpc) is 2.85. The van der Waals surface area contributed by atoms with E-state index in [1.807, 2.05) is 11.8 Å². The van der Waals surface area contributed by atoms with Crippen LogP contribution in [0.5, 0.6) is 0 Å². The summed E-state index contributed by atoms with van der Waals surface area (Å²) in [6, 6.07) is 0.538. The van der Waals surface area contributed by atoms with Gasteiger partial charge in [0.05, 0.1) is 6.10 Å². The van der Waals surface area contributed by atoms with E-state index in [0.717, 1.165) is 26.2 Å². The van der Waals surface area contributed by atoms with Crippen LogP contribution in [0, 0.1) is 0 Å². The van der Waals surface area contributed by atoms with Crippen molar-refractivity contribution in [2.45, 2.75) is 44.8 Å². The summed E-state index contributed by atoms with van der Waals surface area (Å²) >= 11 is 1.92. The van der Waals surface area contributed by atoms with Crippen molar-refractivity contribution in [1.82, 2.24) is 4.90 Å². The van der Waals surface area contributed by atoms with Crippen LogP contribution < -0.4 is 5.73 Å². The van der Waals surface area contributed by atoms with Crippen molar-refractivity contribution in [2.75, 3.05) is 38.2 Å². The maximum absolute atomic E-state index is 5.92. The van der Waals surface area contributed by atoms with Gasteiger partial charge < -0.3 is 10.5 Å². The van der Waals surface area contributed by atoms with Crippen LogP contribution in [0.2, 0.25) is 0 Å². The summed E-state index contributed by atoms with van der Waals surface area (Å²) in [5, 5.41) is 0. The second-order valence-electron chi connectivity index (χ2n) is 4.75. The Morgan fingerprint density at radius 2 is 2.35 bits per heavy atom. The number of hydrogen-bond donors (Lipinski definition) is 1. The number of thioether (sulfide) groups is 1. The summed E-state index contributed by atoms with van der Waals surface area (Å²) in [6.45, 7) is 6.10. The molecule has 1 saturated heterocycles. The van der Waals surface area contributed by atoms with Gasteiger partial charge in [-0.05, 0) is 44.2 Å². The summed E-state index contributed by atoms with van der Waals surface area (Å²) < 4.78 is 5.72. The SMILES string of the molecule is CCN(CC1CCCO1)C(CN)CCCSC. The molecule has 1 aliphatic rings. The highest BCUT2D eigenvalue weighted by Crippen LogP contribution is 2.16. The van der Waals surface area contributed by atoms with Gasteiger partial charge in [0.15, 0.2) is 0 Å². The van der Waals surface area contributed by atoms with Gasteiger partial charge in [0.2, 0.25) is 0 Å². The first-order valence-corrected chi connectivity index (χ1v) is 8.25. The fourth-order valence-corrected chi connectivity index (χ4v) is 2.95. The Bertz CT molecular complexity index is 186. The van der Waals surface area contributed by atoms with Crippen LogP contribution in [0.4, 0.5) is 0 Å². The normalized spacial score (nSPS) is 22.2. The van der Waals surface area contributed by atoms with E-state index in [4.69, 9.17) is 10.5 Å². The maximum Gasteiger partial charge on any atom is 0.0702 e. The van der Waals surface area contributed by atoms with E-state index >= 15 is 0 Å². The number of hydrogen-bond acceptors (Lipinski definition) is 4. The van der Waals surface area contributed by atoms with E-state index in [-0.39, 0.29) is 0 Å². The van der Waals surface area contributed by atoms with Crippen LogP contribution in [0.15, 0.2) is 0 Å². The molecule has 0 aliphatic carbocycles. The highest BCUT2D eigenvalue weighted by molar-refractivity contribution is 7.98. The van der Waals surface area contributed by atoms with E-state index < -0.39 is 0 Å². The smallest absolute Gasteiger partial charge is 0.0702 e. The highest BCUT2D eigenvalue weighted by atomic mass is 32.2. The third kappa shape index (κ3) is 5.60. The van der Waals surface area contributed by atoms with Crippen molar-refractivity contribution in [3.63, 3.8) is 0 Å². The Morgan fingerprint density at radius 3 is 2.88 bits per heavy atom. The van der Waals surface area contributed by atoms with Gasteiger partial charge >= 0.3 is 0 Å². The summed E-state index contributed by atoms with van der Waals surface area (Å²) in [5.41, 5.74) is 5.92. The third-order valence-corrected chi connectivity index (χ3v) is 4.24. The van der Waals surface area contributed by atoms with Gasteiger partial charge in [0.25, 0.3) is 0 Å². The summed E-state index contributed by atoms with van der Waals surface area (Å²) in [6.07, 6.45) is 7.55. The van der Waals surface area contributed by atoms with Crippen LogP contribution in [-0.2, 0) is 4.74 Å². The molecule has 2 N–H and O–H groups in total. The lowest BCUT2D eigenvalue weighted by Gasteiger charge is -2.31. The van der Waals surface area contributed by atoms with Crippen molar-refractivity contribution in [2.24, 2.45) is 5.73 Å². The molecule has 0 aromatic rings. The number of nitrogens with two attached hydrogens (primary N) is 1. The monoisotopic (exact) mass is 260 g/mol. The molecule has 1 rings (SSSR count). The second-order valence-corrected chi connectivity index (χ2v) is 5.73. The zero-order chi connectivity index (χ0) is 12.5. The first-order chi connectivity index (χ1) is 8.31. The van der Waals surface area contributed by atoms with Gasteiger partial charge in [0, 0.05) is 25.7 Å². The lowest BCUT2D eigenvalue weighted by Crippen LogP contribution is -2.44. The molecular formula is C13H28N2OS. The van der Waals surface area contributed by atoms with E-state index in [0.29, 0.717) is 12.1 Å². The van der Waals surface area contributed by atoms with Gasteiger partial charge in [-0.3, -0.25) is 4.90 Å². The highest BCUT2D eigenvalue weighted by Gasteiger charge is 2.22. The van der Waals surface area contributed by atoms with Crippen molar-refractivity contribution < 1.29 is 4.74 Å². The molecule has 0 amide bonds. The Morgan fingerprint density at radius 1 is 1.53 bits per heavy atom. The zero-order valence-electron chi connectivity index (χ0n) is 11.4. The molecule has 102 valence electrons. The molecule has 17 heavy (non-hydrogen) atoms. The minimum Gasteiger partial charge on any atom is -0.377 e. The predicted octanol–water partition coefficient (Wildman–Crippen LogP) is 1.96. The van der Waals surface area contributed by atoms with Gasteiger partial charge in [-0.25, -0.2) is 0 Å². The number of likely N-dealkylation sites (N-methyl/N-ethyl adjacent to an activating group) is 1. The molecule has 1 heterocycles. The quantitative estimate of drug-likeness (QED) is 0.643. The van der Waals surface area contributed by atoms with Crippen molar-refractivity contribution in [1.29, 1.82) is 0 Å². The number of nitrogens with zero attached hydrogens (tertiary/aromatic N) is 1. The minimum absolute atomic E-state index is 0.449. The van der Waals surface area contributed by atoms with Crippen molar-refractivity contribution in [3.8, 4) is 0 Å². The number of ether oxygens (including phenoxy) is 1. The molecule has 0 aromatic heterocycles. The Balaban J connectivity index is 2.32. The molecule has 0 aromatic carbocycles. The zero-order valence-corrected chi connectivity index (χ0v) is 12.2. The summed E-state index contributed by atoms with van der Waals surface area (Å²) in [5.74, 6) is 1.24. The first kappa shape index (κ1) is 15.3. The van der Waals surface area contributed by atoms with E-state index in [2.05, 4.69) is 18.1 Å². The van der Waals surface area contributed by atoms with Crippen LogP contribution in [0.1, 0.15) is 32.6 Å². The van der Waals surface area contributed by atoms with Gasteiger partial charge in [-0.2, -0.15) is 11.8 Å². The number of rotatable bonds is 9. The van der Waals surface area contributed by atoms with Crippen LogP contribution in [-0.4, -0.2) is 55.3 Å². The molecule has 0 saturated carbocycles. The molecule has 0 spiro atoms. The van der Waals surface area contributed by atoms with Crippen LogP contribution in [0.25, 0.3) is 0 Å². The molecule has 2 unspecified atom stereocenters. The summed E-state index contributed by atoms with van der Waals surface area (Å²) in [4.78, 5) is 2.51. The second kappa shape index (κ2) is 9.20. The van der Waals surface area contributed by atoms with Crippen molar-refractivity contribution >= 4 is 11.8 Å². The van der Waals surface area contributed by atoms with Crippen molar-refractivity contribution in [3.05, 3.63) is 0 Å². The average molecular weight is 260 g/mol. The maximum atomic E-state index is 5.92. The molecule has 2 atom stereocenters. The minimum atomic E-state index is 0.449. The Labute approximate surface area is 110 Å². The molecule has 4 heteroatoms. The van der Waals surface area contributed by atoms with E-state index in [9.17, 15) is 0 Å². The molecule has 1 aliphatic heterocycles. The topological polar surface area (TPSA) is 38.5 Å². The standard InChI is InChI=1S/C13H28N2OS/c1-3-15(11-13-7-4-8-16-13)12(10-14)6-5-9-17-2/h12-13H,3-11,14H2,1-2H3. The predicted molar refractivity (Wildman–Crippen MR) is 76.7 cm³/mol. The lowest BCUT2D eigenvalue weighted by atomic mass is 10.1. The largest absolute Gasteiger partial charge is 0.377 e. The lowest BCUT2D eigenvalue weighted by molar-refractivity contribution is 0.0587. The van der Waals surface area contributed by atoms with Gasteiger partial charge in [-0.1, -0.05) is 6.92 Å². The third-order valence-electron chi connectivity index (χ3n) is 3.54. The first-order valence-electron chi connectivity index (χ1n) is 6.86. The fraction of sp³-hybridized carbons (Fsp3) is 1.00. The molecule has 3 nitrogen and oxygen atoms in total. The van der Waals surface area contributed by atoms with E-state index in [1.54, 1.807) is 0 Å². The Hall–Kier alpha value is 0.230. The molecule has 0 bridgehead atoms. The molecule has 0 radical (unpaired) electrons.